The molecule has 1 fully saturated rings. The molecule has 2 aromatic carbocycles. The number of benzene rings is 2. The van der Waals surface area contributed by atoms with Gasteiger partial charge in [-0.25, -0.2) is 5.43 Å². The van der Waals surface area contributed by atoms with Crippen LogP contribution in [0.3, 0.4) is 0 Å². The van der Waals surface area contributed by atoms with E-state index >= 15 is 0 Å². The first-order valence-corrected chi connectivity index (χ1v) is 12.5. The number of aldehydes is 1. The lowest BCUT2D eigenvalue weighted by atomic mass is 9.96. The molecule has 4 N–H and O–H groups in total. The van der Waals surface area contributed by atoms with Gasteiger partial charge in [0, 0.05) is 43.6 Å². The Hall–Kier alpha value is -4.05. The van der Waals surface area contributed by atoms with E-state index in [-0.39, 0.29) is 17.5 Å². The van der Waals surface area contributed by atoms with Gasteiger partial charge in [-0.1, -0.05) is 29.8 Å². The first-order chi connectivity index (χ1) is 18.4. The molecule has 0 spiro atoms. The number of ether oxygens (including phenoxy) is 1. The highest BCUT2D eigenvalue weighted by atomic mass is 35.5. The third-order valence-corrected chi connectivity index (χ3v) is 6.17. The number of anilines is 1. The number of hydrazone groups is 1. The Labute approximate surface area is 228 Å². The third kappa shape index (κ3) is 8.81. The van der Waals surface area contributed by atoms with Crippen molar-refractivity contribution in [3.8, 4) is 5.75 Å². The highest BCUT2D eigenvalue weighted by Gasteiger charge is 2.30. The van der Waals surface area contributed by atoms with E-state index < -0.39 is 0 Å². The minimum Gasteiger partial charge on any atom is -0.496 e. The molecule has 0 radical (unpaired) electrons. The Morgan fingerprint density at radius 3 is 2.47 bits per heavy atom. The molecular weight excluding hydrogens is 508 g/mol. The van der Waals surface area contributed by atoms with Crippen LogP contribution in [0, 0.1) is 5.92 Å². The summed E-state index contributed by atoms with van der Waals surface area (Å²) >= 11 is 6.16. The number of piperidine rings is 1. The average molecular weight is 543 g/mol. The molecule has 10 nitrogen and oxygen atoms in total. The monoisotopic (exact) mass is 542 g/mol. The summed E-state index contributed by atoms with van der Waals surface area (Å²) in [7, 11) is 5.12. The van der Waals surface area contributed by atoms with Gasteiger partial charge in [0.2, 0.25) is 12.3 Å². The zero-order chi connectivity index (χ0) is 27.9. The number of halogens is 1. The molecule has 0 aliphatic carbocycles. The number of rotatable bonds is 9. The summed E-state index contributed by atoms with van der Waals surface area (Å²) in [5.41, 5.74) is 4.86. The smallest absolute Gasteiger partial charge is 0.229 e. The van der Waals surface area contributed by atoms with Crippen molar-refractivity contribution in [1.29, 1.82) is 0 Å². The molecule has 1 aliphatic heterocycles. The highest BCUT2D eigenvalue weighted by molar-refractivity contribution is 6.31. The Bertz CT molecular complexity index is 1140. The van der Waals surface area contributed by atoms with Crippen molar-refractivity contribution in [2.45, 2.75) is 19.8 Å². The van der Waals surface area contributed by atoms with E-state index in [4.69, 9.17) is 16.3 Å². The maximum absolute atomic E-state index is 12.8. The van der Waals surface area contributed by atoms with Crippen molar-refractivity contribution in [1.82, 2.24) is 21.0 Å². The first kappa shape index (κ1) is 30.2. The molecule has 1 aliphatic rings. The molecule has 1 atom stereocenters. The highest BCUT2D eigenvalue weighted by Crippen LogP contribution is 2.27. The van der Waals surface area contributed by atoms with Gasteiger partial charge in [0.25, 0.3) is 0 Å². The number of carbonyl (C=O) groups is 3. The maximum atomic E-state index is 12.8. The normalized spacial score (nSPS) is 15.7. The fourth-order valence-electron chi connectivity index (χ4n) is 3.81. The van der Waals surface area contributed by atoms with Gasteiger partial charge in [0.1, 0.15) is 5.75 Å². The molecule has 38 heavy (non-hydrogen) atoms. The summed E-state index contributed by atoms with van der Waals surface area (Å²) in [6.45, 7) is 2.69. The standard InChI is InChI=1S/C20H26ClN5O4.C7H9N/c1-13(22-2)17(11-27)24-20(29)14-5-4-8-26(10-14)19(25-23-12-28)16-9-15(21)6-7-18(16)30-3;1-8-7-5-3-2-4-6-7/h6-7,9,11-12,14,22H,4-5,8,10H2,1-3H3,(H,23,28)(H,24,29);2-6,8H,1H3/b17-13+,25-19-;. The molecular formula is C27H35ClN6O4. The number of likely N-dealkylation sites (tertiary alicyclic amines) is 1. The Morgan fingerprint density at radius 1 is 1.16 bits per heavy atom. The number of para-hydroxylation sites is 1. The zero-order valence-corrected chi connectivity index (χ0v) is 22.8. The van der Waals surface area contributed by atoms with E-state index in [1.807, 2.05) is 42.3 Å². The molecule has 0 saturated carbocycles. The number of amides is 2. The zero-order valence-electron chi connectivity index (χ0n) is 22.1. The molecule has 1 unspecified atom stereocenters. The Kier molecular flexibility index (Phi) is 12.7. The van der Waals surface area contributed by atoms with Gasteiger partial charge in [-0.2, -0.15) is 5.10 Å². The number of methoxy groups -OCH3 is 1. The summed E-state index contributed by atoms with van der Waals surface area (Å²) in [5.74, 6) is 0.354. The van der Waals surface area contributed by atoms with Crippen molar-refractivity contribution in [3.05, 3.63) is 70.5 Å². The minimum absolute atomic E-state index is 0.202. The second kappa shape index (κ2) is 15.9. The SMILES string of the molecule is CN/C(C)=C(\C=O)NC(=O)C1CCCN(/C(=N\NC=O)c2cc(Cl)ccc2OC)C1.CNc1ccccc1. The third-order valence-electron chi connectivity index (χ3n) is 5.93. The molecule has 1 heterocycles. The fraction of sp³-hybridized carbons (Fsp3) is 0.333. The van der Waals surface area contributed by atoms with Crippen LogP contribution in [0.2, 0.25) is 5.02 Å². The molecule has 204 valence electrons. The fourth-order valence-corrected chi connectivity index (χ4v) is 3.99. The quantitative estimate of drug-likeness (QED) is 0.126. The van der Waals surface area contributed by atoms with Gasteiger partial charge in [0.15, 0.2) is 12.1 Å². The predicted octanol–water partition coefficient (Wildman–Crippen LogP) is 2.96. The van der Waals surface area contributed by atoms with Gasteiger partial charge in [-0.3, -0.25) is 14.4 Å². The second-order valence-corrected chi connectivity index (χ2v) is 8.76. The Balaban J connectivity index is 0.000000538. The summed E-state index contributed by atoms with van der Waals surface area (Å²) in [6.07, 6.45) is 2.47. The van der Waals surface area contributed by atoms with E-state index in [0.29, 0.717) is 60.1 Å². The van der Waals surface area contributed by atoms with Gasteiger partial charge in [-0.15, -0.1) is 0 Å². The number of amidine groups is 1. The number of hydrogen-bond donors (Lipinski definition) is 4. The summed E-state index contributed by atoms with van der Waals surface area (Å²) in [5, 5.41) is 13.2. The van der Waals surface area contributed by atoms with Crippen molar-refractivity contribution in [2.24, 2.45) is 11.0 Å². The number of carbonyl (C=O) groups excluding carboxylic acids is 3. The summed E-state index contributed by atoms with van der Waals surface area (Å²) in [4.78, 5) is 36.8. The van der Waals surface area contributed by atoms with Crippen LogP contribution in [0.4, 0.5) is 5.69 Å². The average Bonchev–Trinajstić information content (AvgIpc) is 2.96. The number of hydrogen-bond acceptors (Lipinski definition) is 7. The summed E-state index contributed by atoms with van der Waals surface area (Å²) in [6, 6.07) is 15.2. The van der Waals surface area contributed by atoms with Crippen LogP contribution >= 0.6 is 11.6 Å². The molecule has 11 heteroatoms. The predicted molar refractivity (Wildman–Crippen MR) is 150 cm³/mol. The van der Waals surface area contributed by atoms with Gasteiger partial charge in [0.05, 0.1) is 24.3 Å². The van der Waals surface area contributed by atoms with Crippen LogP contribution < -0.4 is 26.1 Å². The number of nitrogens with one attached hydrogen (secondary N) is 4. The van der Waals surface area contributed by atoms with Crippen LogP contribution in [0.15, 0.2) is 65.0 Å². The van der Waals surface area contributed by atoms with E-state index in [2.05, 4.69) is 26.5 Å². The number of allylic oxidation sites excluding steroid dienone is 2. The lowest BCUT2D eigenvalue weighted by molar-refractivity contribution is -0.126. The topological polar surface area (TPSA) is 124 Å². The van der Waals surface area contributed by atoms with Crippen LogP contribution in [0.1, 0.15) is 25.3 Å². The Morgan fingerprint density at radius 2 is 1.89 bits per heavy atom. The summed E-state index contributed by atoms with van der Waals surface area (Å²) < 4.78 is 5.42. The van der Waals surface area contributed by atoms with E-state index in [9.17, 15) is 14.4 Å². The van der Waals surface area contributed by atoms with Crippen molar-refractivity contribution >= 4 is 41.7 Å². The van der Waals surface area contributed by atoms with Crippen molar-refractivity contribution < 1.29 is 19.1 Å². The van der Waals surface area contributed by atoms with E-state index in [0.717, 1.165) is 12.1 Å². The lowest BCUT2D eigenvalue weighted by Crippen LogP contribution is -2.46. The number of nitrogens with zero attached hydrogens (tertiary/aromatic N) is 2. The largest absolute Gasteiger partial charge is 0.496 e. The lowest BCUT2D eigenvalue weighted by Gasteiger charge is -2.34. The minimum atomic E-state index is -0.370. The van der Waals surface area contributed by atoms with Crippen molar-refractivity contribution in [3.63, 3.8) is 0 Å². The van der Waals surface area contributed by atoms with Crippen LogP contribution in [-0.2, 0) is 14.4 Å². The molecule has 2 amide bonds. The van der Waals surface area contributed by atoms with Crippen LogP contribution in [-0.4, -0.2) is 63.6 Å². The molecule has 0 aromatic heterocycles. The molecule has 1 saturated heterocycles. The van der Waals surface area contributed by atoms with Crippen molar-refractivity contribution in [2.75, 3.05) is 39.6 Å². The molecule has 0 bridgehead atoms. The van der Waals surface area contributed by atoms with E-state index in [1.165, 1.54) is 7.11 Å². The van der Waals surface area contributed by atoms with Crippen LogP contribution in [0.5, 0.6) is 5.75 Å². The second-order valence-electron chi connectivity index (χ2n) is 8.32. The van der Waals surface area contributed by atoms with Gasteiger partial charge in [-0.05, 0) is 50.1 Å². The molecule has 2 aromatic rings. The van der Waals surface area contributed by atoms with Gasteiger partial charge < -0.3 is 25.6 Å². The first-order valence-electron chi connectivity index (χ1n) is 12.1. The maximum Gasteiger partial charge on any atom is 0.229 e. The van der Waals surface area contributed by atoms with E-state index in [1.54, 1.807) is 32.2 Å². The van der Waals surface area contributed by atoms with Crippen LogP contribution in [0.25, 0.3) is 0 Å². The molecule has 3 rings (SSSR count). The van der Waals surface area contributed by atoms with Gasteiger partial charge >= 0.3 is 0 Å².